The second-order valence-corrected chi connectivity index (χ2v) is 4.46. The minimum atomic E-state index is 0.912. The van der Waals surface area contributed by atoms with Crippen molar-refractivity contribution in [3.05, 3.63) is 29.8 Å². The molecule has 0 N–H and O–H groups in total. The molecule has 0 aliphatic carbocycles. The van der Waals surface area contributed by atoms with Gasteiger partial charge < -0.3 is 4.90 Å². The lowest BCUT2D eigenvalue weighted by Gasteiger charge is -2.33. The predicted octanol–water partition coefficient (Wildman–Crippen LogP) is 3.23. The summed E-state index contributed by atoms with van der Waals surface area (Å²) < 4.78 is 0. The Morgan fingerprint density at radius 3 is 2.43 bits per heavy atom. The highest BCUT2D eigenvalue weighted by Crippen LogP contribution is 2.25. The van der Waals surface area contributed by atoms with Crippen molar-refractivity contribution < 1.29 is 0 Å². The highest BCUT2D eigenvalue weighted by Gasteiger charge is 2.16. The molecule has 1 saturated heterocycles. The zero-order chi connectivity index (χ0) is 9.97. The van der Waals surface area contributed by atoms with Gasteiger partial charge in [-0.2, -0.15) is 0 Å². The van der Waals surface area contributed by atoms with Gasteiger partial charge in [-0.25, -0.2) is 0 Å². The summed E-state index contributed by atoms with van der Waals surface area (Å²) in [6.45, 7) is 7.01. The topological polar surface area (TPSA) is 3.24 Å². The van der Waals surface area contributed by atoms with Crippen LogP contribution in [0.4, 0.5) is 5.69 Å². The second-order valence-electron chi connectivity index (χ2n) is 4.46. The highest BCUT2D eigenvalue weighted by atomic mass is 15.1. The van der Waals surface area contributed by atoms with Gasteiger partial charge in [0, 0.05) is 18.8 Å². The lowest BCUT2D eigenvalue weighted by atomic mass is 9.98. The molecule has 1 nitrogen and oxygen atoms in total. The van der Waals surface area contributed by atoms with E-state index in [9.17, 15) is 0 Å². The van der Waals surface area contributed by atoms with Gasteiger partial charge in [-0.05, 0) is 37.3 Å². The predicted molar refractivity (Wildman–Crippen MR) is 61.8 cm³/mol. The van der Waals surface area contributed by atoms with E-state index in [1.54, 1.807) is 0 Å². The summed E-state index contributed by atoms with van der Waals surface area (Å²) in [5.74, 6) is 0.912. The molecule has 0 aromatic heterocycles. The molecule has 1 aromatic rings. The third-order valence-corrected chi connectivity index (χ3v) is 3.24. The lowest BCUT2D eigenvalue weighted by Crippen LogP contribution is -2.33. The largest absolute Gasteiger partial charge is 0.371 e. The maximum atomic E-state index is 2.52. The van der Waals surface area contributed by atoms with E-state index in [1.807, 2.05) is 0 Å². The van der Waals surface area contributed by atoms with E-state index in [4.69, 9.17) is 0 Å². The summed E-state index contributed by atoms with van der Waals surface area (Å²) in [5.41, 5.74) is 2.83. The van der Waals surface area contributed by atoms with E-state index in [0.29, 0.717) is 0 Å². The van der Waals surface area contributed by atoms with E-state index in [1.165, 1.54) is 37.2 Å². The van der Waals surface area contributed by atoms with Crippen molar-refractivity contribution in [3.8, 4) is 0 Å². The van der Waals surface area contributed by atoms with Gasteiger partial charge in [0.1, 0.15) is 0 Å². The number of hydrogen-bond donors (Lipinski definition) is 0. The van der Waals surface area contributed by atoms with Crippen molar-refractivity contribution in [2.75, 3.05) is 18.0 Å². The van der Waals surface area contributed by atoms with Crippen LogP contribution in [-0.4, -0.2) is 13.1 Å². The summed E-state index contributed by atoms with van der Waals surface area (Å²) >= 11 is 0. The van der Waals surface area contributed by atoms with Crippen LogP contribution < -0.4 is 4.90 Å². The molecule has 1 heteroatoms. The quantitative estimate of drug-likeness (QED) is 0.655. The molecule has 14 heavy (non-hydrogen) atoms. The van der Waals surface area contributed by atoms with Gasteiger partial charge in [0.15, 0.2) is 0 Å². The highest BCUT2D eigenvalue weighted by molar-refractivity contribution is 5.53. The zero-order valence-corrected chi connectivity index (χ0v) is 9.16. The van der Waals surface area contributed by atoms with Crippen LogP contribution in [0.3, 0.4) is 0 Å². The van der Waals surface area contributed by atoms with Crippen LogP contribution in [0.1, 0.15) is 25.3 Å². The molecule has 2 rings (SSSR count). The second kappa shape index (κ2) is 4.04. The summed E-state index contributed by atoms with van der Waals surface area (Å²) in [6, 6.07) is 8.70. The molecule has 1 aromatic carbocycles. The monoisotopic (exact) mass is 189 g/mol. The Bertz CT molecular complexity index is 298. The zero-order valence-electron chi connectivity index (χ0n) is 9.16. The van der Waals surface area contributed by atoms with Gasteiger partial charge in [-0.3, -0.25) is 0 Å². The Labute approximate surface area is 86.7 Å². The Hall–Kier alpha value is -0.980. The van der Waals surface area contributed by atoms with Crippen LogP contribution in [-0.2, 0) is 0 Å². The van der Waals surface area contributed by atoms with Gasteiger partial charge in [0.05, 0.1) is 0 Å². The molecule has 1 fully saturated rings. The van der Waals surface area contributed by atoms with Crippen molar-refractivity contribution in [3.63, 3.8) is 0 Å². The van der Waals surface area contributed by atoms with Crippen molar-refractivity contribution >= 4 is 5.69 Å². The van der Waals surface area contributed by atoms with Crippen LogP contribution in [0.5, 0.6) is 0 Å². The Morgan fingerprint density at radius 2 is 1.79 bits per heavy atom. The normalized spacial score (nSPS) is 18.6. The first-order valence-electron chi connectivity index (χ1n) is 5.58. The van der Waals surface area contributed by atoms with Crippen molar-refractivity contribution in [2.45, 2.75) is 26.7 Å². The first kappa shape index (κ1) is 9.57. The average molecular weight is 189 g/mol. The molecule has 0 unspecified atom stereocenters. The minimum absolute atomic E-state index is 0.912. The Balaban J connectivity index is 2.12. The summed E-state index contributed by atoms with van der Waals surface area (Å²) in [5, 5.41) is 0. The van der Waals surface area contributed by atoms with Crippen LogP contribution in [0.25, 0.3) is 0 Å². The smallest absolute Gasteiger partial charge is 0.0395 e. The molecule has 76 valence electrons. The third-order valence-electron chi connectivity index (χ3n) is 3.24. The number of aryl methyl sites for hydroxylation is 1. The minimum Gasteiger partial charge on any atom is -0.371 e. The fraction of sp³-hybridized carbons (Fsp3) is 0.538. The molecule has 0 radical (unpaired) electrons. The van der Waals surface area contributed by atoms with E-state index in [2.05, 4.69) is 43.0 Å². The van der Waals surface area contributed by atoms with E-state index < -0.39 is 0 Å². The molecule has 0 bridgehead atoms. The van der Waals surface area contributed by atoms with Gasteiger partial charge >= 0.3 is 0 Å². The SMILES string of the molecule is Cc1ccccc1N1CCC(C)CC1. The van der Waals surface area contributed by atoms with Gasteiger partial charge in [-0.1, -0.05) is 25.1 Å². The van der Waals surface area contributed by atoms with Crippen LogP contribution in [0.2, 0.25) is 0 Å². The number of piperidine rings is 1. The van der Waals surface area contributed by atoms with E-state index in [0.717, 1.165) is 5.92 Å². The van der Waals surface area contributed by atoms with Crippen molar-refractivity contribution in [1.82, 2.24) is 0 Å². The number of hydrogen-bond acceptors (Lipinski definition) is 1. The Kier molecular flexibility index (Phi) is 2.76. The molecule has 0 amide bonds. The molecule has 1 aliphatic rings. The maximum Gasteiger partial charge on any atom is 0.0395 e. The number of para-hydroxylation sites is 1. The number of anilines is 1. The fourth-order valence-electron chi connectivity index (χ4n) is 2.17. The van der Waals surface area contributed by atoms with Gasteiger partial charge in [0.2, 0.25) is 0 Å². The first-order valence-corrected chi connectivity index (χ1v) is 5.58. The molecule has 0 saturated carbocycles. The molecule has 0 spiro atoms. The van der Waals surface area contributed by atoms with E-state index in [-0.39, 0.29) is 0 Å². The number of benzene rings is 1. The molecule has 0 atom stereocenters. The van der Waals surface area contributed by atoms with Crippen LogP contribution in [0.15, 0.2) is 24.3 Å². The number of nitrogens with zero attached hydrogens (tertiary/aromatic N) is 1. The van der Waals surface area contributed by atoms with Gasteiger partial charge in [0.25, 0.3) is 0 Å². The first-order chi connectivity index (χ1) is 6.77. The molecule has 1 aliphatic heterocycles. The van der Waals surface area contributed by atoms with E-state index >= 15 is 0 Å². The standard InChI is InChI=1S/C13H19N/c1-11-7-9-14(10-8-11)13-6-4-3-5-12(13)2/h3-6,11H,7-10H2,1-2H3. The fourth-order valence-corrected chi connectivity index (χ4v) is 2.17. The third kappa shape index (κ3) is 1.92. The van der Waals surface area contributed by atoms with Crippen LogP contribution in [0, 0.1) is 12.8 Å². The summed E-state index contributed by atoms with van der Waals surface area (Å²) in [6.07, 6.45) is 2.68. The van der Waals surface area contributed by atoms with Crippen molar-refractivity contribution in [2.24, 2.45) is 5.92 Å². The van der Waals surface area contributed by atoms with Crippen LogP contribution >= 0.6 is 0 Å². The maximum absolute atomic E-state index is 2.52. The van der Waals surface area contributed by atoms with Gasteiger partial charge in [-0.15, -0.1) is 0 Å². The average Bonchev–Trinajstić information content (AvgIpc) is 2.20. The summed E-state index contributed by atoms with van der Waals surface area (Å²) in [7, 11) is 0. The van der Waals surface area contributed by atoms with Crippen molar-refractivity contribution in [1.29, 1.82) is 0 Å². The molecule has 1 heterocycles. The molecular weight excluding hydrogens is 170 g/mol. The molecular formula is C13H19N. The Morgan fingerprint density at radius 1 is 1.14 bits per heavy atom. The number of rotatable bonds is 1. The summed E-state index contributed by atoms with van der Waals surface area (Å²) in [4.78, 5) is 2.52. The lowest BCUT2D eigenvalue weighted by molar-refractivity contribution is 0.438.